The molecule has 22 heavy (non-hydrogen) atoms. The minimum Gasteiger partial charge on any atom is -0.355 e. The fourth-order valence-corrected chi connectivity index (χ4v) is 3.36. The molecule has 0 bridgehead atoms. The lowest BCUT2D eigenvalue weighted by molar-refractivity contribution is 0.0936. The summed E-state index contributed by atoms with van der Waals surface area (Å²) in [5, 5.41) is 7.12. The highest BCUT2D eigenvalue weighted by Crippen LogP contribution is 2.18. The number of nitrogens with one attached hydrogen (secondary N) is 1. The number of pyridine rings is 1. The minimum atomic E-state index is -0.0558. The standard InChI is InChI=1S/C15H19N5OS/c1-2-12-14(22-19-18-12)15(21)17-11-6-5-9-20(10-11)13-7-3-4-8-16-13/h3-4,7-8,11H,2,5-6,9-10H2,1H3,(H,17,21)/t11-/m1/s1. The number of aryl methyl sites for hydroxylation is 1. The topological polar surface area (TPSA) is 71.0 Å². The van der Waals surface area contributed by atoms with Gasteiger partial charge in [-0.15, -0.1) is 5.10 Å². The van der Waals surface area contributed by atoms with Crippen molar-refractivity contribution < 1.29 is 4.79 Å². The van der Waals surface area contributed by atoms with E-state index in [1.807, 2.05) is 25.1 Å². The zero-order chi connectivity index (χ0) is 15.4. The van der Waals surface area contributed by atoms with Crippen molar-refractivity contribution >= 4 is 23.3 Å². The first-order chi connectivity index (χ1) is 10.8. The van der Waals surface area contributed by atoms with E-state index in [1.165, 1.54) is 11.5 Å². The molecular formula is C15H19N5OS. The van der Waals surface area contributed by atoms with Crippen LogP contribution in [0.5, 0.6) is 0 Å². The Morgan fingerprint density at radius 1 is 1.50 bits per heavy atom. The first-order valence-corrected chi connectivity index (χ1v) is 8.33. The summed E-state index contributed by atoms with van der Waals surface area (Å²) in [7, 11) is 0. The van der Waals surface area contributed by atoms with Crippen molar-refractivity contribution in [2.75, 3.05) is 18.0 Å². The van der Waals surface area contributed by atoms with Crippen LogP contribution >= 0.6 is 11.5 Å². The van der Waals surface area contributed by atoms with E-state index >= 15 is 0 Å². The monoisotopic (exact) mass is 317 g/mol. The molecule has 1 aliphatic heterocycles. The molecule has 116 valence electrons. The van der Waals surface area contributed by atoms with Gasteiger partial charge in [0.25, 0.3) is 5.91 Å². The maximum absolute atomic E-state index is 12.4. The maximum atomic E-state index is 12.4. The third-order valence-electron chi connectivity index (χ3n) is 3.83. The third kappa shape index (κ3) is 3.24. The molecule has 0 aromatic carbocycles. The third-order valence-corrected chi connectivity index (χ3v) is 4.59. The van der Waals surface area contributed by atoms with Crippen LogP contribution in [0, 0.1) is 0 Å². The highest BCUT2D eigenvalue weighted by atomic mass is 32.1. The van der Waals surface area contributed by atoms with Gasteiger partial charge in [-0.25, -0.2) is 4.98 Å². The SMILES string of the molecule is CCc1nnsc1C(=O)N[C@@H]1CCCN(c2ccccn2)C1. The van der Waals surface area contributed by atoms with Gasteiger partial charge in [0.15, 0.2) is 0 Å². The van der Waals surface area contributed by atoms with Crippen LogP contribution in [0.4, 0.5) is 5.82 Å². The smallest absolute Gasteiger partial charge is 0.265 e. The van der Waals surface area contributed by atoms with Gasteiger partial charge < -0.3 is 10.2 Å². The Balaban J connectivity index is 1.64. The zero-order valence-electron chi connectivity index (χ0n) is 12.5. The molecule has 7 heteroatoms. The summed E-state index contributed by atoms with van der Waals surface area (Å²) >= 11 is 1.17. The Morgan fingerprint density at radius 2 is 2.41 bits per heavy atom. The molecule has 1 atom stereocenters. The van der Waals surface area contributed by atoms with E-state index in [0.717, 1.165) is 43.9 Å². The van der Waals surface area contributed by atoms with E-state index in [4.69, 9.17) is 0 Å². The molecule has 1 aliphatic rings. The van der Waals surface area contributed by atoms with Crippen molar-refractivity contribution in [1.82, 2.24) is 19.9 Å². The number of nitrogens with zero attached hydrogens (tertiary/aromatic N) is 4. The van der Waals surface area contributed by atoms with Gasteiger partial charge in [-0.2, -0.15) is 0 Å². The van der Waals surface area contributed by atoms with Gasteiger partial charge in [0.1, 0.15) is 10.7 Å². The van der Waals surface area contributed by atoms with E-state index in [-0.39, 0.29) is 11.9 Å². The van der Waals surface area contributed by atoms with Crippen LogP contribution in [-0.4, -0.2) is 39.6 Å². The normalized spacial score (nSPS) is 18.2. The lowest BCUT2D eigenvalue weighted by Gasteiger charge is -2.33. The second-order valence-electron chi connectivity index (χ2n) is 5.35. The van der Waals surface area contributed by atoms with Crippen LogP contribution < -0.4 is 10.2 Å². The molecule has 3 rings (SSSR count). The van der Waals surface area contributed by atoms with Crippen molar-refractivity contribution in [2.45, 2.75) is 32.2 Å². The van der Waals surface area contributed by atoms with E-state index in [0.29, 0.717) is 4.88 Å². The summed E-state index contributed by atoms with van der Waals surface area (Å²) < 4.78 is 3.88. The van der Waals surface area contributed by atoms with E-state index in [1.54, 1.807) is 6.20 Å². The predicted octanol–water partition coefficient (Wildman–Crippen LogP) is 1.89. The lowest BCUT2D eigenvalue weighted by Crippen LogP contribution is -2.48. The number of carbonyl (C=O) groups is 1. The Morgan fingerprint density at radius 3 is 3.18 bits per heavy atom. The van der Waals surface area contributed by atoms with Gasteiger partial charge in [-0.1, -0.05) is 17.5 Å². The molecule has 0 spiro atoms. The van der Waals surface area contributed by atoms with Crippen LogP contribution in [0.3, 0.4) is 0 Å². The highest BCUT2D eigenvalue weighted by Gasteiger charge is 2.24. The summed E-state index contributed by atoms with van der Waals surface area (Å²) in [5.74, 6) is 0.912. The van der Waals surface area contributed by atoms with Crippen molar-refractivity contribution in [3.63, 3.8) is 0 Å². The molecule has 2 aromatic rings. The van der Waals surface area contributed by atoms with E-state index in [9.17, 15) is 4.79 Å². The number of anilines is 1. The molecule has 0 aliphatic carbocycles. The van der Waals surface area contributed by atoms with Crippen molar-refractivity contribution in [1.29, 1.82) is 0 Å². The number of carbonyl (C=O) groups excluding carboxylic acids is 1. The molecule has 0 saturated carbocycles. The van der Waals surface area contributed by atoms with Crippen LogP contribution in [0.2, 0.25) is 0 Å². The first kappa shape index (κ1) is 14.9. The van der Waals surface area contributed by atoms with Crippen LogP contribution in [0.15, 0.2) is 24.4 Å². The van der Waals surface area contributed by atoms with Gasteiger partial charge in [0.05, 0.1) is 5.69 Å². The Hall–Kier alpha value is -2.02. The Labute approximate surface area is 133 Å². The summed E-state index contributed by atoms with van der Waals surface area (Å²) in [4.78, 5) is 19.6. The molecule has 2 aromatic heterocycles. The number of piperidine rings is 1. The molecular weight excluding hydrogens is 298 g/mol. The molecule has 1 saturated heterocycles. The predicted molar refractivity (Wildman–Crippen MR) is 86.2 cm³/mol. The fraction of sp³-hybridized carbons (Fsp3) is 0.467. The fourth-order valence-electron chi connectivity index (χ4n) is 2.71. The van der Waals surface area contributed by atoms with Crippen molar-refractivity contribution in [2.24, 2.45) is 0 Å². The van der Waals surface area contributed by atoms with E-state index < -0.39 is 0 Å². The zero-order valence-corrected chi connectivity index (χ0v) is 13.3. The molecule has 1 N–H and O–H groups in total. The number of amides is 1. The van der Waals surface area contributed by atoms with E-state index in [2.05, 4.69) is 24.8 Å². The molecule has 0 unspecified atom stereocenters. The quantitative estimate of drug-likeness (QED) is 0.932. The van der Waals surface area contributed by atoms with Gasteiger partial charge in [-0.3, -0.25) is 4.79 Å². The Bertz CT molecular complexity index is 630. The number of hydrogen-bond donors (Lipinski definition) is 1. The average molecular weight is 317 g/mol. The summed E-state index contributed by atoms with van der Waals surface area (Å²) in [6, 6.07) is 6.04. The number of aromatic nitrogens is 3. The second-order valence-corrected chi connectivity index (χ2v) is 6.10. The van der Waals surface area contributed by atoms with Crippen LogP contribution in [0.1, 0.15) is 35.1 Å². The highest BCUT2D eigenvalue weighted by molar-refractivity contribution is 7.08. The minimum absolute atomic E-state index is 0.0558. The number of rotatable bonds is 4. The summed E-state index contributed by atoms with van der Waals surface area (Å²) in [5.41, 5.74) is 0.778. The number of hydrogen-bond acceptors (Lipinski definition) is 6. The average Bonchev–Trinajstić information content (AvgIpc) is 3.05. The Kier molecular flexibility index (Phi) is 4.62. The van der Waals surface area contributed by atoms with Gasteiger partial charge in [0.2, 0.25) is 0 Å². The maximum Gasteiger partial charge on any atom is 0.265 e. The van der Waals surface area contributed by atoms with Crippen molar-refractivity contribution in [3.05, 3.63) is 35.0 Å². The lowest BCUT2D eigenvalue weighted by atomic mass is 10.1. The van der Waals surface area contributed by atoms with Crippen molar-refractivity contribution in [3.8, 4) is 0 Å². The largest absolute Gasteiger partial charge is 0.355 e. The second kappa shape index (κ2) is 6.83. The van der Waals surface area contributed by atoms with Crippen LogP contribution in [-0.2, 0) is 6.42 Å². The molecule has 6 nitrogen and oxygen atoms in total. The van der Waals surface area contributed by atoms with Gasteiger partial charge >= 0.3 is 0 Å². The molecule has 1 amide bonds. The molecule has 3 heterocycles. The summed E-state index contributed by atoms with van der Waals surface area (Å²) in [6.07, 6.45) is 4.56. The molecule has 1 fully saturated rings. The van der Waals surface area contributed by atoms with Crippen LogP contribution in [0.25, 0.3) is 0 Å². The summed E-state index contributed by atoms with van der Waals surface area (Å²) in [6.45, 7) is 3.75. The van der Waals surface area contributed by atoms with Gasteiger partial charge in [0, 0.05) is 25.3 Å². The van der Waals surface area contributed by atoms with Gasteiger partial charge in [-0.05, 0) is 42.9 Å². The molecule has 0 radical (unpaired) electrons. The first-order valence-electron chi connectivity index (χ1n) is 7.56.